The quantitative estimate of drug-likeness (QED) is 0.654. The van der Waals surface area contributed by atoms with E-state index in [1.807, 2.05) is 13.1 Å². The van der Waals surface area contributed by atoms with Crippen LogP contribution in [0.3, 0.4) is 0 Å². The third-order valence-corrected chi connectivity index (χ3v) is 2.20. The molecule has 0 aliphatic heterocycles. The first-order chi connectivity index (χ1) is 6.74. The van der Waals surface area contributed by atoms with Crippen LogP contribution in [0.1, 0.15) is 24.6 Å². The van der Waals surface area contributed by atoms with Crippen molar-refractivity contribution in [3.05, 3.63) is 17.5 Å². The van der Waals surface area contributed by atoms with Crippen molar-refractivity contribution >= 4 is 17.3 Å². The van der Waals surface area contributed by atoms with E-state index in [1.165, 1.54) is 0 Å². The maximum absolute atomic E-state index is 5.08. The molecule has 4 nitrogen and oxygen atoms in total. The van der Waals surface area contributed by atoms with Crippen LogP contribution >= 0.6 is 12.2 Å². The fourth-order valence-corrected chi connectivity index (χ4v) is 1.20. The topological polar surface area (TPSA) is 52.7 Å². The lowest BCUT2D eigenvalue weighted by Crippen LogP contribution is -2.35. The van der Waals surface area contributed by atoms with E-state index in [1.54, 1.807) is 0 Å². The highest BCUT2D eigenvalue weighted by Gasteiger charge is 2.00. The van der Waals surface area contributed by atoms with E-state index < -0.39 is 0 Å². The van der Waals surface area contributed by atoms with Crippen molar-refractivity contribution < 1.29 is 0 Å². The number of hydrogen-bond acceptors (Lipinski definition) is 2. The monoisotopic (exact) mass is 212 g/mol. The lowest BCUT2D eigenvalue weighted by atomic mass is 10.3. The van der Waals surface area contributed by atoms with Crippen LogP contribution in [-0.4, -0.2) is 21.9 Å². The Hall–Kier alpha value is -1.10. The highest BCUT2D eigenvalue weighted by Crippen LogP contribution is 2.00. The lowest BCUT2D eigenvalue weighted by Gasteiger charge is -2.08. The number of rotatable bonds is 4. The molecule has 78 valence electrons. The van der Waals surface area contributed by atoms with Crippen LogP contribution in [0.15, 0.2) is 6.20 Å². The molecule has 0 atom stereocenters. The summed E-state index contributed by atoms with van der Waals surface area (Å²) in [7, 11) is 0. The van der Waals surface area contributed by atoms with Gasteiger partial charge in [-0.2, -0.15) is 5.10 Å². The van der Waals surface area contributed by atoms with Crippen LogP contribution in [0.5, 0.6) is 0 Å². The Balaban J connectivity index is 2.27. The molecule has 0 unspecified atom stereocenters. The van der Waals surface area contributed by atoms with Crippen molar-refractivity contribution in [1.29, 1.82) is 0 Å². The zero-order valence-corrected chi connectivity index (χ0v) is 9.37. The maximum atomic E-state index is 5.08. The SMILES string of the molecule is CCCNC(=S)NCc1cn[nH]c1C. The number of H-pyrrole nitrogens is 1. The molecule has 0 aromatic carbocycles. The number of thiocarbonyl (C=S) groups is 1. The Kier molecular flexibility index (Phi) is 4.39. The summed E-state index contributed by atoms with van der Waals surface area (Å²) in [6.45, 7) is 5.73. The highest BCUT2D eigenvalue weighted by atomic mass is 32.1. The Bertz CT molecular complexity index is 295. The predicted molar refractivity (Wildman–Crippen MR) is 61.1 cm³/mol. The molecule has 1 heterocycles. The van der Waals surface area contributed by atoms with Gasteiger partial charge in [-0.1, -0.05) is 6.92 Å². The Morgan fingerprint density at radius 2 is 2.36 bits per heavy atom. The molecule has 14 heavy (non-hydrogen) atoms. The van der Waals surface area contributed by atoms with E-state index in [9.17, 15) is 0 Å². The van der Waals surface area contributed by atoms with Gasteiger partial charge >= 0.3 is 0 Å². The molecule has 0 aliphatic rings. The third kappa shape index (κ3) is 3.33. The summed E-state index contributed by atoms with van der Waals surface area (Å²) < 4.78 is 0. The van der Waals surface area contributed by atoms with Gasteiger partial charge in [0.2, 0.25) is 0 Å². The highest BCUT2D eigenvalue weighted by molar-refractivity contribution is 7.80. The summed E-state index contributed by atoms with van der Waals surface area (Å²) >= 11 is 5.08. The third-order valence-electron chi connectivity index (χ3n) is 1.91. The first-order valence-electron chi connectivity index (χ1n) is 4.74. The lowest BCUT2D eigenvalue weighted by molar-refractivity contribution is 0.798. The minimum Gasteiger partial charge on any atom is -0.363 e. The largest absolute Gasteiger partial charge is 0.363 e. The number of nitrogens with zero attached hydrogens (tertiary/aromatic N) is 1. The average Bonchev–Trinajstić information content (AvgIpc) is 2.58. The van der Waals surface area contributed by atoms with Crippen molar-refractivity contribution in [2.75, 3.05) is 6.54 Å². The number of hydrogen-bond donors (Lipinski definition) is 3. The molecule has 3 N–H and O–H groups in total. The van der Waals surface area contributed by atoms with E-state index in [0.717, 1.165) is 30.8 Å². The molecule has 0 fully saturated rings. The summed E-state index contributed by atoms with van der Waals surface area (Å²) in [6, 6.07) is 0. The fraction of sp³-hybridized carbons (Fsp3) is 0.556. The van der Waals surface area contributed by atoms with E-state index >= 15 is 0 Å². The molecule has 0 spiro atoms. The number of nitrogens with one attached hydrogen (secondary N) is 3. The molecule has 1 aromatic heterocycles. The number of aromatic nitrogens is 2. The second-order valence-corrected chi connectivity index (χ2v) is 3.54. The second-order valence-electron chi connectivity index (χ2n) is 3.13. The molecule has 5 heteroatoms. The van der Waals surface area contributed by atoms with Crippen LogP contribution in [-0.2, 0) is 6.54 Å². The zero-order valence-electron chi connectivity index (χ0n) is 8.55. The molecular weight excluding hydrogens is 196 g/mol. The Morgan fingerprint density at radius 3 is 2.93 bits per heavy atom. The van der Waals surface area contributed by atoms with E-state index in [0.29, 0.717) is 5.11 Å². The van der Waals surface area contributed by atoms with Crippen molar-refractivity contribution in [1.82, 2.24) is 20.8 Å². The van der Waals surface area contributed by atoms with Crippen molar-refractivity contribution in [2.24, 2.45) is 0 Å². The molecule has 0 aliphatic carbocycles. The molecule has 0 saturated carbocycles. The Morgan fingerprint density at radius 1 is 1.57 bits per heavy atom. The summed E-state index contributed by atoms with van der Waals surface area (Å²) in [5, 5.41) is 13.7. The van der Waals surface area contributed by atoms with Crippen LogP contribution < -0.4 is 10.6 Å². The van der Waals surface area contributed by atoms with Crippen LogP contribution in [0.25, 0.3) is 0 Å². The first kappa shape index (κ1) is 11.0. The van der Waals surface area contributed by atoms with Gasteiger partial charge in [0.05, 0.1) is 6.20 Å². The maximum Gasteiger partial charge on any atom is 0.166 e. The van der Waals surface area contributed by atoms with Gasteiger partial charge in [0.25, 0.3) is 0 Å². The van der Waals surface area contributed by atoms with Gasteiger partial charge in [-0.25, -0.2) is 0 Å². The standard InChI is InChI=1S/C9H16N4S/c1-3-4-10-9(14)11-5-8-6-12-13-7(8)2/h6H,3-5H2,1-2H3,(H,12,13)(H2,10,11,14). The van der Waals surface area contributed by atoms with Gasteiger partial charge in [0.1, 0.15) is 0 Å². The van der Waals surface area contributed by atoms with Gasteiger partial charge in [0, 0.05) is 24.3 Å². The molecular formula is C9H16N4S. The van der Waals surface area contributed by atoms with E-state index in [2.05, 4.69) is 27.8 Å². The van der Waals surface area contributed by atoms with Crippen molar-refractivity contribution in [3.63, 3.8) is 0 Å². The number of aromatic amines is 1. The number of aryl methyl sites for hydroxylation is 1. The van der Waals surface area contributed by atoms with Crippen LogP contribution in [0.4, 0.5) is 0 Å². The van der Waals surface area contributed by atoms with Crippen molar-refractivity contribution in [2.45, 2.75) is 26.8 Å². The smallest absolute Gasteiger partial charge is 0.166 e. The average molecular weight is 212 g/mol. The van der Waals surface area contributed by atoms with Crippen LogP contribution in [0.2, 0.25) is 0 Å². The van der Waals surface area contributed by atoms with E-state index in [-0.39, 0.29) is 0 Å². The molecule has 0 amide bonds. The molecule has 1 aromatic rings. The summed E-state index contributed by atoms with van der Waals surface area (Å²) in [6.07, 6.45) is 2.89. The first-order valence-corrected chi connectivity index (χ1v) is 5.15. The molecule has 1 rings (SSSR count). The summed E-state index contributed by atoms with van der Waals surface area (Å²) in [5.41, 5.74) is 2.22. The minimum atomic E-state index is 0.701. The van der Waals surface area contributed by atoms with Gasteiger partial charge in [-0.15, -0.1) is 0 Å². The molecule has 0 bridgehead atoms. The fourth-order valence-electron chi connectivity index (χ4n) is 1.03. The Labute approximate surface area is 89.5 Å². The molecule has 0 radical (unpaired) electrons. The van der Waals surface area contributed by atoms with Gasteiger partial charge in [-0.05, 0) is 25.6 Å². The van der Waals surface area contributed by atoms with Crippen molar-refractivity contribution in [3.8, 4) is 0 Å². The van der Waals surface area contributed by atoms with Crippen LogP contribution in [0, 0.1) is 6.92 Å². The zero-order chi connectivity index (χ0) is 10.4. The second kappa shape index (κ2) is 5.59. The van der Waals surface area contributed by atoms with E-state index in [4.69, 9.17) is 12.2 Å². The summed E-state index contributed by atoms with van der Waals surface area (Å²) in [5.74, 6) is 0. The minimum absolute atomic E-state index is 0.701. The summed E-state index contributed by atoms with van der Waals surface area (Å²) in [4.78, 5) is 0. The predicted octanol–water partition coefficient (Wildman–Crippen LogP) is 1.09. The van der Waals surface area contributed by atoms with Gasteiger partial charge in [0.15, 0.2) is 5.11 Å². The normalized spacial score (nSPS) is 9.86. The van der Waals surface area contributed by atoms with Gasteiger partial charge in [-0.3, -0.25) is 5.10 Å². The molecule has 0 saturated heterocycles. The van der Waals surface area contributed by atoms with Gasteiger partial charge < -0.3 is 10.6 Å².